The fourth-order valence-electron chi connectivity index (χ4n) is 2.51. The molecule has 1 atom stereocenters. The van der Waals surface area contributed by atoms with Crippen LogP contribution < -0.4 is 5.32 Å². The van der Waals surface area contributed by atoms with Crippen molar-refractivity contribution in [1.82, 2.24) is 4.98 Å². The number of pyridine rings is 1. The molecule has 2 rings (SSSR count). The molecule has 0 amide bonds. The van der Waals surface area contributed by atoms with Crippen molar-refractivity contribution in [3.8, 4) is 0 Å². The molecule has 0 aliphatic heterocycles. The number of aryl methyl sites for hydroxylation is 1. The van der Waals surface area contributed by atoms with E-state index in [4.69, 9.17) is 0 Å². The molecule has 1 heterocycles. The molecule has 0 aliphatic carbocycles. The first-order valence-electron chi connectivity index (χ1n) is 7.35. The Labute approximate surface area is 129 Å². The number of hydrogen-bond donors (Lipinski definition) is 2. The van der Waals surface area contributed by atoms with Gasteiger partial charge in [-0.1, -0.05) is 26.0 Å². The molecule has 2 N–H and O–H groups in total. The number of hydrogen-bond acceptors (Lipinski definition) is 5. The molecule has 0 aliphatic rings. The number of nitrogens with one attached hydrogen (secondary N) is 1. The number of nitro groups is 1. The van der Waals surface area contributed by atoms with Gasteiger partial charge >= 0.3 is 0 Å². The van der Waals surface area contributed by atoms with Crippen LogP contribution in [0.15, 0.2) is 24.3 Å². The van der Waals surface area contributed by atoms with E-state index in [9.17, 15) is 15.2 Å². The summed E-state index contributed by atoms with van der Waals surface area (Å²) in [6.07, 6.45) is 0.247. The monoisotopic (exact) mass is 303 g/mol. The quantitative estimate of drug-likeness (QED) is 0.631. The molecule has 1 aromatic heterocycles. The van der Waals surface area contributed by atoms with Crippen molar-refractivity contribution < 1.29 is 10.0 Å². The SMILES string of the molecule is Cc1cc(NCC(O)CC(C)C)c2cccc([N+](=O)[O-])c2n1. The Morgan fingerprint density at radius 2 is 2.14 bits per heavy atom. The highest BCUT2D eigenvalue weighted by Gasteiger charge is 2.16. The molecule has 0 saturated carbocycles. The van der Waals surface area contributed by atoms with Crippen molar-refractivity contribution >= 4 is 22.3 Å². The molecular weight excluding hydrogens is 282 g/mol. The third-order valence-electron chi connectivity index (χ3n) is 3.41. The normalized spacial score (nSPS) is 12.6. The van der Waals surface area contributed by atoms with Crippen LogP contribution in [0.5, 0.6) is 0 Å². The molecule has 22 heavy (non-hydrogen) atoms. The second-order valence-electron chi connectivity index (χ2n) is 5.91. The Balaban J connectivity index is 2.34. The lowest BCUT2D eigenvalue weighted by atomic mass is 10.1. The Morgan fingerprint density at radius 3 is 2.77 bits per heavy atom. The summed E-state index contributed by atoms with van der Waals surface area (Å²) in [5.41, 5.74) is 1.82. The Hall–Kier alpha value is -2.21. The number of aromatic nitrogens is 1. The lowest BCUT2D eigenvalue weighted by molar-refractivity contribution is -0.383. The van der Waals surface area contributed by atoms with Gasteiger partial charge in [0.25, 0.3) is 5.69 Å². The lowest BCUT2D eigenvalue weighted by Gasteiger charge is -2.16. The number of rotatable bonds is 6. The highest BCUT2D eigenvalue weighted by molar-refractivity contribution is 5.96. The van der Waals surface area contributed by atoms with E-state index in [2.05, 4.69) is 24.1 Å². The summed E-state index contributed by atoms with van der Waals surface area (Å²) >= 11 is 0. The van der Waals surface area contributed by atoms with Gasteiger partial charge < -0.3 is 10.4 Å². The van der Waals surface area contributed by atoms with Crippen molar-refractivity contribution in [2.24, 2.45) is 5.92 Å². The van der Waals surface area contributed by atoms with Gasteiger partial charge in [0.1, 0.15) is 0 Å². The molecule has 0 bridgehead atoms. The first kappa shape index (κ1) is 16.2. The summed E-state index contributed by atoms with van der Waals surface area (Å²) in [5, 5.41) is 25.0. The maximum absolute atomic E-state index is 11.1. The zero-order valence-electron chi connectivity index (χ0n) is 13.0. The number of fused-ring (bicyclic) bond motifs is 1. The van der Waals surface area contributed by atoms with Gasteiger partial charge in [-0.05, 0) is 25.3 Å². The molecule has 0 spiro atoms. The summed E-state index contributed by atoms with van der Waals surface area (Å²) < 4.78 is 0. The number of non-ortho nitro benzene ring substituents is 1. The highest BCUT2D eigenvalue weighted by atomic mass is 16.6. The van der Waals surface area contributed by atoms with Crippen LogP contribution in [0.4, 0.5) is 11.4 Å². The predicted molar refractivity (Wildman–Crippen MR) is 87.1 cm³/mol. The van der Waals surface area contributed by atoms with Crippen molar-refractivity contribution in [1.29, 1.82) is 0 Å². The van der Waals surface area contributed by atoms with Gasteiger partial charge in [0.2, 0.25) is 0 Å². The number of para-hydroxylation sites is 1. The van der Waals surface area contributed by atoms with Crippen molar-refractivity contribution in [3.63, 3.8) is 0 Å². The lowest BCUT2D eigenvalue weighted by Crippen LogP contribution is -2.21. The third kappa shape index (κ3) is 3.71. The molecule has 1 unspecified atom stereocenters. The molecule has 0 fully saturated rings. The summed E-state index contributed by atoms with van der Waals surface area (Å²) in [5.74, 6) is 0.411. The summed E-state index contributed by atoms with van der Waals surface area (Å²) in [4.78, 5) is 15.0. The predicted octanol–water partition coefficient (Wildman–Crippen LogP) is 3.27. The van der Waals surface area contributed by atoms with E-state index >= 15 is 0 Å². The van der Waals surface area contributed by atoms with E-state index in [1.807, 2.05) is 6.07 Å². The molecule has 2 aromatic rings. The zero-order valence-corrected chi connectivity index (χ0v) is 13.0. The molecule has 6 nitrogen and oxygen atoms in total. The van der Waals surface area contributed by atoms with Crippen LogP contribution in [0.2, 0.25) is 0 Å². The first-order chi connectivity index (χ1) is 10.4. The molecule has 1 aromatic carbocycles. The number of anilines is 1. The van der Waals surface area contributed by atoms with Crippen molar-refractivity contribution in [2.75, 3.05) is 11.9 Å². The van der Waals surface area contributed by atoms with Gasteiger partial charge in [-0.15, -0.1) is 0 Å². The summed E-state index contributed by atoms with van der Waals surface area (Å²) in [6, 6.07) is 6.74. The van der Waals surface area contributed by atoms with E-state index in [0.29, 0.717) is 35.5 Å². The van der Waals surface area contributed by atoms with Crippen molar-refractivity contribution in [3.05, 3.63) is 40.1 Å². The van der Waals surface area contributed by atoms with Gasteiger partial charge in [-0.25, -0.2) is 4.98 Å². The number of aliphatic hydroxyl groups is 1. The fraction of sp³-hybridized carbons (Fsp3) is 0.438. The highest BCUT2D eigenvalue weighted by Crippen LogP contribution is 2.29. The molecule has 0 saturated heterocycles. The van der Waals surface area contributed by atoms with Crippen LogP contribution in [0.25, 0.3) is 10.9 Å². The molecule has 0 radical (unpaired) electrons. The van der Waals surface area contributed by atoms with Gasteiger partial charge in [0.15, 0.2) is 5.52 Å². The van der Waals surface area contributed by atoms with Crippen LogP contribution in [-0.2, 0) is 0 Å². The second-order valence-corrected chi connectivity index (χ2v) is 5.91. The van der Waals surface area contributed by atoms with Crippen LogP contribution in [-0.4, -0.2) is 27.7 Å². The van der Waals surface area contributed by atoms with E-state index < -0.39 is 11.0 Å². The first-order valence-corrected chi connectivity index (χ1v) is 7.35. The number of benzene rings is 1. The standard InChI is InChI=1S/C16H21N3O3/c1-10(2)7-12(20)9-17-14-8-11(3)18-16-13(14)5-4-6-15(16)19(21)22/h4-6,8,10,12,20H,7,9H2,1-3H3,(H,17,18). The largest absolute Gasteiger partial charge is 0.391 e. The number of aliphatic hydroxyl groups excluding tert-OH is 1. The fourth-order valence-corrected chi connectivity index (χ4v) is 2.51. The topological polar surface area (TPSA) is 88.3 Å². The van der Waals surface area contributed by atoms with Crippen LogP contribution in [0, 0.1) is 23.0 Å². The third-order valence-corrected chi connectivity index (χ3v) is 3.41. The minimum Gasteiger partial charge on any atom is -0.391 e. The number of nitro benzene ring substituents is 1. The van der Waals surface area contributed by atoms with Gasteiger partial charge in [0, 0.05) is 29.4 Å². The number of nitrogens with zero attached hydrogens (tertiary/aromatic N) is 2. The van der Waals surface area contributed by atoms with E-state index in [-0.39, 0.29) is 5.69 Å². The van der Waals surface area contributed by atoms with Crippen LogP contribution >= 0.6 is 0 Å². The summed E-state index contributed by atoms with van der Waals surface area (Å²) in [6.45, 7) is 6.31. The zero-order chi connectivity index (χ0) is 16.3. The van der Waals surface area contributed by atoms with Gasteiger partial charge in [0.05, 0.1) is 11.0 Å². The van der Waals surface area contributed by atoms with Crippen LogP contribution in [0.3, 0.4) is 0 Å². The average molecular weight is 303 g/mol. The molecule has 118 valence electrons. The maximum Gasteiger partial charge on any atom is 0.295 e. The van der Waals surface area contributed by atoms with Gasteiger partial charge in [-0.2, -0.15) is 0 Å². The maximum atomic E-state index is 11.1. The van der Waals surface area contributed by atoms with Gasteiger partial charge in [-0.3, -0.25) is 10.1 Å². The Kier molecular flexibility index (Phi) is 4.92. The minimum atomic E-state index is -0.456. The van der Waals surface area contributed by atoms with Crippen molar-refractivity contribution in [2.45, 2.75) is 33.3 Å². The average Bonchev–Trinajstić information content (AvgIpc) is 2.43. The minimum absolute atomic E-state index is 0.00743. The Bertz CT molecular complexity index is 686. The molecule has 6 heteroatoms. The second kappa shape index (κ2) is 6.70. The Morgan fingerprint density at radius 1 is 1.41 bits per heavy atom. The smallest absolute Gasteiger partial charge is 0.295 e. The van der Waals surface area contributed by atoms with E-state index in [1.165, 1.54) is 6.07 Å². The van der Waals surface area contributed by atoms with E-state index in [1.54, 1.807) is 19.1 Å². The van der Waals surface area contributed by atoms with Crippen LogP contribution in [0.1, 0.15) is 26.0 Å². The van der Waals surface area contributed by atoms with E-state index in [0.717, 1.165) is 5.69 Å². The molecular formula is C16H21N3O3. The summed E-state index contributed by atoms with van der Waals surface area (Å²) in [7, 11) is 0.